The Balaban J connectivity index is 2.73. The second-order valence-corrected chi connectivity index (χ2v) is 5.42. The number of carbonyl (C=O) groups excluding carboxylic acids is 1. The van der Waals surface area contributed by atoms with Gasteiger partial charge in [0.15, 0.2) is 0 Å². The van der Waals surface area contributed by atoms with E-state index in [-0.39, 0.29) is 18.4 Å². The number of halogens is 1. The molecule has 0 aliphatic carbocycles. The maximum Gasteiger partial charge on any atom is 0.408 e. The number of nitrogens with two attached hydrogens (primary N) is 1. The summed E-state index contributed by atoms with van der Waals surface area (Å²) < 4.78 is 18.5. The van der Waals surface area contributed by atoms with Crippen molar-refractivity contribution in [1.82, 2.24) is 5.32 Å². The van der Waals surface area contributed by atoms with Gasteiger partial charge in [-0.05, 0) is 45.4 Å². The summed E-state index contributed by atoms with van der Waals surface area (Å²) in [6.07, 6.45) is -0.501. The molecule has 1 rings (SSSR count). The van der Waals surface area contributed by atoms with E-state index in [1.807, 2.05) is 0 Å². The van der Waals surface area contributed by atoms with Crippen molar-refractivity contribution in [3.05, 3.63) is 35.1 Å². The molecule has 5 heteroatoms. The van der Waals surface area contributed by atoms with E-state index >= 15 is 0 Å². The molecule has 1 atom stereocenters. The average molecular weight is 268 g/mol. The summed E-state index contributed by atoms with van der Waals surface area (Å²) in [6.45, 7) is 7.31. The quantitative estimate of drug-likeness (QED) is 0.886. The SMILES string of the molecule is CC(NC(=O)OC(C)(C)C)c1ccc(F)c(CN)c1. The lowest BCUT2D eigenvalue weighted by Gasteiger charge is -2.22. The topological polar surface area (TPSA) is 64.3 Å². The summed E-state index contributed by atoms with van der Waals surface area (Å²) in [5.41, 5.74) is 6.12. The van der Waals surface area contributed by atoms with Crippen LogP contribution in [0.25, 0.3) is 0 Å². The molecule has 0 spiro atoms. The Hall–Kier alpha value is -1.62. The summed E-state index contributed by atoms with van der Waals surface area (Å²) in [5, 5.41) is 2.70. The minimum absolute atomic E-state index is 0.124. The zero-order valence-corrected chi connectivity index (χ0v) is 11.8. The van der Waals surface area contributed by atoms with E-state index in [0.717, 1.165) is 5.56 Å². The third kappa shape index (κ3) is 4.87. The Kier molecular flexibility index (Phi) is 4.89. The van der Waals surface area contributed by atoms with Crippen molar-refractivity contribution in [3.8, 4) is 0 Å². The molecule has 0 fully saturated rings. The van der Waals surface area contributed by atoms with Crippen LogP contribution in [0.2, 0.25) is 0 Å². The molecule has 0 saturated carbocycles. The van der Waals surface area contributed by atoms with E-state index in [9.17, 15) is 9.18 Å². The van der Waals surface area contributed by atoms with Gasteiger partial charge in [-0.15, -0.1) is 0 Å². The van der Waals surface area contributed by atoms with Crippen molar-refractivity contribution in [2.24, 2.45) is 5.73 Å². The van der Waals surface area contributed by atoms with Crippen molar-refractivity contribution in [2.45, 2.75) is 45.9 Å². The second kappa shape index (κ2) is 6.02. The summed E-state index contributed by atoms with van der Waals surface area (Å²) in [6, 6.07) is 4.35. The van der Waals surface area contributed by atoms with E-state index in [2.05, 4.69) is 5.32 Å². The fourth-order valence-electron chi connectivity index (χ4n) is 1.59. The molecule has 0 radical (unpaired) electrons. The standard InChI is InChI=1S/C14H21FN2O2/c1-9(17-13(18)19-14(2,3)4)10-5-6-12(15)11(7-10)8-16/h5-7,9H,8,16H2,1-4H3,(H,17,18). The Morgan fingerprint density at radius 3 is 2.63 bits per heavy atom. The molecule has 19 heavy (non-hydrogen) atoms. The van der Waals surface area contributed by atoms with Crippen molar-refractivity contribution in [1.29, 1.82) is 0 Å². The van der Waals surface area contributed by atoms with Crippen LogP contribution in [0.5, 0.6) is 0 Å². The number of nitrogens with one attached hydrogen (secondary N) is 1. The Bertz CT molecular complexity index is 455. The molecule has 4 nitrogen and oxygen atoms in total. The maximum atomic E-state index is 13.3. The fraction of sp³-hybridized carbons (Fsp3) is 0.500. The molecule has 0 heterocycles. The van der Waals surface area contributed by atoms with Crippen LogP contribution >= 0.6 is 0 Å². The number of hydrogen-bond acceptors (Lipinski definition) is 3. The molecule has 106 valence electrons. The largest absolute Gasteiger partial charge is 0.444 e. The number of carbonyl (C=O) groups is 1. The first-order chi connectivity index (χ1) is 8.73. The molecular weight excluding hydrogens is 247 g/mol. The zero-order chi connectivity index (χ0) is 14.6. The molecule has 1 amide bonds. The van der Waals surface area contributed by atoms with Crippen molar-refractivity contribution in [3.63, 3.8) is 0 Å². The predicted octanol–water partition coefficient (Wildman–Crippen LogP) is 2.87. The molecule has 1 aromatic rings. The first-order valence-electron chi connectivity index (χ1n) is 6.21. The smallest absolute Gasteiger partial charge is 0.408 e. The summed E-state index contributed by atoms with van der Waals surface area (Å²) in [5.74, 6) is -0.337. The summed E-state index contributed by atoms with van der Waals surface area (Å²) >= 11 is 0. The molecule has 0 aliphatic heterocycles. The van der Waals surface area contributed by atoms with E-state index in [4.69, 9.17) is 10.5 Å². The normalized spacial score (nSPS) is 12.9. The highest BCUT2D eigenvalue weighted by Gasteiger charge is 2.18. The lowest BCUT2D eigenvalue weighted by atomic mass is 10.0. The van der Waals surface area contributed by atoms with Crippen molar-refractivity contribution < 1.29 is 13.9 Å². The lowest BCUT2D eigenvalue weighted by molar-refractivity contribution is 0.0508. The molecular formula is C14H21FN2O2. The van der Waals surface area contributed by atoms with Crippen LogP contribution in [-0.4, -0.2) is 11.7 Å². The highest BCUT2D eigenvalue weighted by atomic mass is 19.1. The lowest BCUT2D eigenvalue weighted by Crippen LogP contribution is -2.34. The summed E-state index contributed by atoms with van der Waals surface area (Å²) in [7, 11) is 0. The van der Waals surface area contributed by atoms with E-state index < -0.39 is 11.7 Å². The zero-order valence-electron chi connectivity index (χ0n) is 11.8. The van der Waals surface area contributed by atoms with Gasteiger partial charge in [-0.2, -0.15) is 0 Å². The first-order valence-corrected chi connectivity index (χ1v) is 6.21. The van der Waals surface area contributed by atoms with Crippen molar-refractivity contribution in [2.75, 3.05) is 0 Å². The van der Waals surface area contributed by atoms with Gasteiger partial charge >= 0.3 is 6.09 Å². The average Bonchev–Trinajstić information content (AvgIpc) is 2.26. The molecule has 0 saturated heterocycles. The van der Waals surface area contributed by atoms with Crippen molar-refractivity contribution >= 4 is 6.09 Å². The van der Waals surface area contributed by atoms with Crippen LogP contribution in [-0.2, 0) is 11.3 Å². The van der Waals surface area contributed by atoms with Gasteiger partial charge in [0.1, 0.15) is 11.4 Å². The second-order valence-electron chi connectivity index (χ2n) is 5.42. The van der Waals surface area contributed by atoms with E-state index in [1.165, 1.54) is 6.07 Å². The van der Waals surface area contributed by atoms with Gasteiger partial charge in [0.05, 0.1) is 6.04 Å². The van der Waals surface area contributed by atoms with Gasteiger partial charge in [0.25, 0.3) is 0 Å². The molecule has 3 N–H and O–H groups in total. The van der Waals surface area contributed by atoms with E-state index in [0.29, 0.717) is 5.56 Å². The molecule has 1 unspecified atom stereocenters. The third-order valence-electron chi connectivity index (χ3n) is 2.52. The molecule has 1 aromatic carbocycles. The minimum Gasteiger partial charge on any atom is -0.444 e. The number of hydrogen-bond donors (Lipinski definition) is 2. The minimum atomic E-state index is -0.547. The molecule has 0 bridgehead atoms. The number of benzene rings is 1. The van der Waals surface area contributed by atoms with Gasteiger partial charge in [-0.25, -0.2) is 9.18 Å². The van der Waals surface area contributed by atoms with Gasteiger partial charge in [-0.1, -0.05) is 6.07 Å². The van der Waals surface area contributed by atoms with E-state index in [1.54, 1.807) is 39.8 Å². The number of rotatable bonds is 3. The monoisotopic (exact) mass is 268 g/mol. The number of amides is 1. The van der Waals surface area contributed by atoms with Gasteiger partial charge < -0.3 is 15.8 Å². The Labute approximate surface area is 113 Å². The van der Waals surface area contributed by atoms with Crippen LogP contribution in [0.15, 0.2) is 18.2 Å². The van der Waals surface area contributed by atoms with Crippen LogP contribution in [0.4, 0.5) is 9.18 Å². The van der Waals surface area contributed by atoms with Gasteiger partial charge in [0.2, 0.25) is 0 Å². The maximum absolute atomic E-state index is 13.3. The number of ether oxygens (including phenoxy) is 1. The van der Waals surface area contributed by atoms with Crippen LogP contribution in [0, 0.1) is 5.82 Å². The van der Waals surface area contributed by atoms with Crippen LogP contribution in [0.3, 0.4) is 0 Å². The first kappa shape index (κ1) is 15.4. The Morgan fingerprint density at radius 1 is 1.47 bits per heavy atom. The fourth-order valence-corrected chi connectivity index (χ4v) is 1.59. The third-order valence-corrected chi connectivity index (χ3v) is 2.52. The number of alkyl carbamates (subject to hydrolysis) is 1. The Morgan fingerprint density at radius 2 is 2.11 bits per heavy atom. The molecule has 0 aliphatic rings. The highest BCUT2D eigenvalue weighted by molar-refractivity contribution is 5.68. The van der Waals surface area contributed by atoms with Crippen LogP contribution in [0.1, 0.15) is 44.9 Å². The van der Waals surface area contributed by atoms with Gasteiger partial charge in [-0.3, -0.25) is 0 Å². The highest BCUT2D eigenvalue weighted by Crippen LogP contribution is 2.17. The van der Waals surface area contributed by atoms with Gasteiger partial charge in [0, 0.05) is 12.1 Å². The van der Waals surface area contributed by atoms with Crippen LogP contribution < -0.4 is 11.1 Å². The predicted molar refractivity (Wildman–Crippen MR) is 72.1 cm³/mol. The molecule has 0 aromatic heterocycles. The summed E-state index contributed by atoms with van der Waals surface area (Å²) in [4.78, 5) is 11.6.